The van der Waals surface area contributed by atoms with Crippen LogP contribution in [0.4, 0.5) is 0 Å². The molecule has 0 aromatic rings. The summed E-state index contributed by atoms with van der Waals surface area (Å²) in [6.07, 6.45) is 3.78. The molecule has 6 nitrogen and oxygen atoms in total. The molecule has 0 aromatic heterocycles. The second-order valence-electron chi connectivity index (χ2n) is 13.4. The number of carboxylic acid groups (broad SMARTS) is 3. The van der Waals surface area contributed by atoms with Crippen molar-refractivity contribution < 1.29 is 71.5 Å². The summed E-state index contributed by atoms with van der Waals surface area (Å²) in [6, 6.07) is 0. The van der Waals surface area contributed by atoms with Crippen LogP contribution in [0, 0.1) is 75.7 Å². The second-order valence-corrected chi connectivity index (χ2v) is 13.4. The topological polar surface area (TPSA) is 112 Å². The Morgan fingerprint density at radius 3 is 0.735 bits per heavy atom. The molecular formula is C27H54CeO6. The Morgan fingerprint density at radius 2 is 0.647 bits per heavy atom. The first kappa shape index (κ1) is 40.9. The quantitative estimate of drug-likeness (QED) is 0.247. The van der Waals surface area contributed by atoms with Crippen LogP contribution in [0.25, 0.3) is 0 Å². The van der Waals surface area contributed by atoms with Crippen molar-refractivity contribution in [2.45, 2.75) is 122 Å². The predicted molar refractivity (Wildman–Crippen MR) is 136 cm³/mol. The fraction of sp³-hybridized carbons (Fsp3) is 0.889. The summed E-state index contributed by atoms with van der Waals surface area (Å²) in [5, 5.41) is 25.4. The van der Waals surface area contributed by atoms with E-state index in [2.05, 4.69) is 62.3 Å². The summed E-state index contributed by atoms with van der Waals surface area (Å²) < 4.78 is 0. The van der Waals surface area contributed by atoms with Gasteiger partial charge in [-0.05, 0) is 53.3 Å². The molecule has 34 heavy (non-hydrogen) atoms. The van der Waals surface area contributed by atoms with Crippen molar-refractivity contribution in [1.29, 1.82) is 0 Å². The third-order valence-electron chi connectivity index (χ3n) is 4.45. The van der Waals surface area contributed by atoms with E-state index in [1.807, 2.05) is 20.8 Å². The molecule has 0 bridgehead atoms. The first-order valence-corrected chi connectivity index (χ1v) is 12.1. The molecule has 3 N–H and O–H groups in total. The van der Waals surface area contributed by atoms with E-state index < -0.39 is 17.9 Å². The molecular weight excluding hydrogens is 560 g/mol. The van der Waals surface area contributed by atoms with E-state index in [9.17, 15) is 14.4 Å². The smallest absolute Gasteiger partial charge is 0.303 e. The van der Waals surface area contributed by atoms with Crippen molar-refractivity contribution >= 4 is 17.9 Å². The zero-order valence-electron chi connectivity index (χ0n) is 24.0. The summed E-state index contributed by atoms with van der Waals surface area (Å²) in [6.45, 7) is 25.1. The molecule has 0 aliphatic heterocycles. The van der Waals surface area contributed by atoms with Crippen LogP contribution in [0.2, 0.25) is 0 Å². The van der Waals surface area contributed by atoms with Crippen molar-refractivity contribution in [1.82, 2.24) is 0 Å². The summed E-state index contributed by atoms with van der Waals surface area (Å²) >= 11 is 0. The van der Waals surface area contributed by atoms with Crippen LogP contribution >= 0.6 is 0 Å². The van der Waals surface area contributed by atoms with E-state index in [0.29, 0.717) is 0 Å². The molecule has 0 aliphatic carbocycles. The molecule has 0 fully saturated rings. The Balaban J connectivity index is -0.000000196. The van der Waals surface area contributed by atoms with Gasteiger partial charge in [-0.15, -0.1) is 0 Å². The second kappa shape index (κ2) is 19.0. The van der Waals surface area contributed by atoms with Crippen LogP contribution in [0.1, 0.15) is 122 Å². The molecule has 0 saturated heterocycles. The molecule has 0 amide bonds. The zero-order valence-corrected chi connectivity index (χ0v) is 27.2. The van der Waals surface area contributed by atoms with E-state index >= 15 is 0 Å². The van der Waals surface area contributed by atoms with Gasteiger partial charge in [-0.1, -0.05) is 83.1 Å². The van der Waals surface area contributed by atoms with Crippen LogP contribution in [0.3, 0.4) is 0 Å². The van der Waals surface area contributed by atoms with E-state index in [-0.39, 0.29) is 95.0 Å². The standard InChI is InChI=1S/3C9H18O2.Ce/c3*1-7(5-8(10)11)6-9(2,3)4;/h3*7H,5-6H2,1-4H3,(H,10,11);. The monoisotopic (exact) mass is 614 g/mol. The van der Waals surface area contributed by atoms with E-state index in [0.717, 1.165) is 19.3 Å². The summed E-state index contributed by atoms with van der Waals surface area (Å²) in [4.78, 5) is 30.9. The van der Waals surface area contributed by atoms with Crippen LogP contribution in [-0.2, 0) is 14.4 Å². The molecule has 0 radical (unpaired) electrons. The average molecular weight is 615 g/mol. The van der Waals surface area contributed by atoms with E-state index in [1.165, 1.54) is 0 Å². The van der Waals surface area contributed by atoms with Gasteiger partial charge in [0, 0.05) is 61.0 Å². The van der Waals surface area contributed by atoms with Crippen molar-refractivity contribution in [2.75, 3.05) is 0 Å². The van der Waals surface area contributed by atoms with Gasteiger partial charge in [-0.3, -0.25) is 14.4 Å². The van der Waals surface area contributed by atoms with Crippen molar-refractivity contribution in [3.05, 3.63) is 0 Å². The Labute approximate surface area is 243 Å². The van der Waals surface area contributed by atoms with Gasteiger partial charge in [0.25, 0.3) is 0 Å². The molecule has 0 aromatic carbocycles. The van der Waals surface area contributed by atoms with Gasteiger partial charge in [0.15, 0.2) is 0 Å². The SMILES string of the molecule is CC(CC(=O)O)CC(C)(C)C.CC(CC(=O)O)CC(C)(C)C.CC(CC(=O)O)CC(C)(C)C.[Ce]. The van der Waals surface area contributed by atoms with Crippen molar-refractivity contribution in [3.63, 3.8) is 0 Å². The minimum Gasteiger partial charge on any atom is -0.481 e. The van der Waals surface area contributed by atoms with Gasteiger partial charge < -0.3 is 15.3 Å². The minimum atomic E-state index is -0.693. The molecule has 202 valence electrons. The Morgan fingerprint density at radius 1 is 0.500 bits per heavy atom. The van der Waals surface area contributed by atoms with Crippen LogP contribution in [0.5, 0.6) is 0 Å². The fourth-order valence-electron chi connectivity index (χ4n) is 4.25. The molecule has 0 aliphatic rings. The third kappa shape index (κ3) is 42.0. The summed E-state index contributed by atoms with van der Waals surface area (Å²) in [5.74, 6) is -1.22. The number of rotatable bonds is 9. The summed E-state index contributed by atoms with van der Waals surface area (Å²) in [5.41, 5.74) is 0.735. The number of hydrogen-bond donors (Lipinski definition) is 3. The van der Waals surface area contributed by atoms with Crippen molar-refractivity contribution in [2.24, 2.45) is 34.0 Å². The van der Waals surface area contributed by atoms with Gasteiger partial charge in [0.2, 0.25) is 0 Å². The number of hydrogen-bond acceptors (Lipinski definition) is 3. The van der Waals surface area contributed by atoms with Gasteiger partial charge in [-0.2, -0.15) is 0 Å². The molecule has 0 rings (SSSR count). The van der Waals surface area contributed by atoms with Gasteiger partial charge in [0.05, 0.1) is 0 Å². The number of carboxylic acids is 3. The molecule has 0 heterocycles. The Kier molecular flexibility index (Phi) is 22.8. The Bertz CT molecular complexity index is 486. The van der Waals surface area contributed by atoms with E-state index in [4.69, 9.17) is 15.3 Å². The average Bonchev–Trinajstić information content (AvgIpc) is 2.38. The molecule has 0 spiro atoms. The van der Waals surface area contributed by atoms with Crippen LogP contribution in [0.15, 0.2) is 0 Å². The van der Waals surface area contributed by atoms with Gasteiger partial charge in [0.1, 0.15) is 0 Å². The first-order valence-electron chi connectivity index (χ1n) is 12.1. The van der Waals surface area contributed by atoms with Crippen LogP contribution in [-0.4, -0.2) is 33.2 Å². The Hall–Kier alpha value is -0.213. The molecule has 7 heteroatoms. The fourth-order valence-corrected chi connectivity index (χ4v) is 4.25. The van der Waals surface area contributed by atoms with Gasteiger partial charge >= 0.3 is 17.9 Å². The minimum absolute atomic E-state index is 0. The van der Waals surface area contributed by atoms with Crippen LogP contribution < -0.4 is 0 Å². The largest absolute Gasteiger partial charge is 0.481 e. The van der Waals surface area contributed by atoms with Crippen molar-refractivity contribution in [3.8, 4) is 0 Å². The third-order valence-corrected chi connectivity index (χ3v) is 4.45. The maximum absolute atomic E-state index is 10.3. The van der Waals surface area contributed by atoms with E-state index in [1.54, 1.807) is 0 Å². The first-order chi connectivity index (χ1) is 14.4. The number of carbonyl (C=O) groups is 3. The van der Waals surface area contributed by atoms with Gasteiger partial charge in [-0.25, -0.2) is 0 Å². The summed E-state index contributed by atoms with van der Waals surface area (Å²) in [7, 11) is 0. The maximum Gasteiger partial charge on any atom is 0.303 e. The zero-order chi connectivity index (χ0) is 27.2. The molecule has 0 saturated carbocycles. The maximum atomic E-state index is 10.3. The molecule has 3 unspecified atom stereocenters. The normalized spacial score (nSPS) is 14.1. The number of aliphatic carboxylic acids is 3. The molecule has 3 atom stereocenters. The predicted octanol–water partition coefficient (Wildman–Crippen LogP) is 7.60.